The molecule has 0 aliphatic heterocycles. The standard InChI is InChI=1S/C42H58N2O7/c1-24(2)31-25(45)22-42(34-44-43-33(51-34)26-12-11-21-49-26)20-19-41(10)39(8)17-13-27-37(5,6)29(50-30(46)23-36(3,4)35(47)48)15-16-38(27,7)28(39)14-18-40(41,9)32(31)42/h11-12,21,24,27-29H,13-20,22-23H2,1-10H3,(H,47,48). The predicted molar refractivity (Wildman–Crippen MR) is 191 cm³/mol. The Morgan fingerprint density at radius 2 is 1.69 bits per heavy atom. The number of carbonyl (C=O) groups is 3. The van der Waals surface area contributed by atoms with Crippen molar-refractivity contribution in [3.05, 3.63) is 35.4 Å². The number of ether oxygens (including phenoxy) is 1. The Balaban J connectivity index is 1.23. The van der Waals surface area contributed by atoms with Crippen LogP contribution in [0.2, 0.25) is 0 Å². The van der Waals surface area contributed by atoms with Gasteiger partial charge in [0.15, 0.2) is 11.5 Å². The number of rotatable bonds is 7. The van der Waals surface area contributed by atoms with E-state index in [0.717, 1.165) is 56.9 Å². The first-order valence-electron chi connectivity index (χ1n) is 19.3. The molecule has 0 amide bonds. The lowest BCUT2D eigenvalue weighted by Crippen LogP contribution is -2.68. The Morgan fingerprint density at radius 3 is 2.33 bits per heavy atom. The molecule has 8 unspecified atom stereocenters. The first-order valence-corrected chi connectivity index (χ1v) is 19.3. The Bertz CT molecular complexity index is 1780. The maximum absolute atomic E-state index is 14.2. The van der Waals surface area contributed by atoms with Crippen LogP contribution in [0.4, 0.5) is 0 Å². The van der Waals surface area contributed by atoms with Gasteiger partial charge in [-0.15, -0.1) is 10.2 Å². The highest BCUT2D eigenvalue weighted by molar-refractivity contribution is 6.02. The summed E-state index contributed by atoms with van der Waals surface area (Å²) in [6, 6.07) is 3.63. The van der Waals surface area contributed by atoms with E-state index < -0.39 is 22.8 Å². The zero-order valence-electron chi connectivity index (χ0n) is 32.4. The number of Topliss-reactive ketones (excluding diaryl/α,β-unsaturated/α-hetero) is 1. The van der Waals surface area contributed by atoms with Crippen molar-refractivity contribution in [2.45, 2.75) is 145 Å². The van der Waals surface area contributed by atoms with Gasteiger partial charge in [-0.1, -0.05) is 55.4 Å². The van der Waals surface area contributed by atoms with Crippen LogP contribution in [0.1, 0.15) is 139 Å². The molecule has 0 radical (unpaired) electrons. The molecule has 0 bridgehead atoms. The number of esters is 1. The van der Waals surface area contributed by atoms with Crippen molar-refractivity contribution in [1.29, 1.82) is 0 Å². The van der Waals surface area contributed by atoms with Gasteiger partial charge in [0.25, 0.3) is 5.89 Å². The second-order valence-electron chi connectivity index (χ2n) is 19.5. The highest BCUT2D eigenvalue weighted by atomic mass is 16.5. The van der Waals surface area contributed by atoms with Gasteiger partial charge in [0, 0.05) is 11.8 Å². The zero-order valence-corrected chi connectivity index (χ0v) is 32.4. The number of fused-ring (bicyclic) bond motifs is 7. The predicted octanol–water partition coefficient (Wildman–Crippen LogP) is 9.36. The third kappa shape index (κ3) is 4.80. The molecule has 0 aromatic carbocycles. The van der Waals surface area contributed by atoms with Crippen molar-refractivity contribution in [3.63, 3.8) is 0 Å². The average Bonchev–Trinajstić information content (AvgIpc) is 3.79. The van der Waals surface area contributed by atoms with Gasteiger partial charge in [-0.25, -0.2) is 0 Å². The van der Waals surface area contributed by atoms with Crippen LogP contribution < -0.4 is 0 Å². The molecule has 2 heterocycles. The van der Waals surface area contributed by atoms with E-state index in [9.17, 15) is 19.5 Å². The van der Waals surface area contributed by atoms with Crippen molar-refractivity contribution >= 4 is 17.7 Å². The van der Waals surface area contributed by atoms with Gasteiger partial charge in [0.2, 0.25) is 5.89 Å². The van der Waals surface area contributed by atoms with Crippen LogP contribution in [0, 0.1) is 50.2 Å². The highest BCUT2D eigenvalue weighted by Crippen LogP contribution is 2.80. The molecule has 51 heavy (non-hydrogen) atoms. The van der Waals surface area contributed by atoms with Crippen molar-refractivity contribution in [1.82, 2.24) is 10.2 Å². The summed E-state index contributed by atoms with van der Waals surface area (Å²) in [7, 11) is 0. The fourth-order valence-corrected chi connectivity index (χ4v) is 13.2. The molecule has 5 aliphatic rings. The van der Waals surface area contributed by atoms with Crippen molar-refractivity contribution in [3.8, 4) is 11.7 Å². The van der Waals surface area contributed by atoms with E-state index >= 15 is 0 Å². The van der Waals surface area contributed by atoms with Crippen LogP contribution in [0.25, 0.3) is 11.7 Å². The summed E-state index contributed by atoms with van der Waals surface area (Å²) in [5.41, 5.74) is -0.0882. The van der Waals surface area contributed by atoms with E-state index in [-0.39, 0.29) is 51.3 Å². The summed E-state index contributed by atoms with van der Waals surface area (Å²) in [4.78, 5) is 39.0. The number of hydrogen-bond donors (Lipinski definition) is 1. The summed E-state index contributed by atoms with van der Waals surface area (Å²) in [5.74, 6) is 1.13. The summed E-state index contributed by atoms with van der Waals surface area (Å²) in [6.45, 7) is 22.1. The fraction of sp³-hybridized carbons (Fsp3) is 0.738. The molecule has 4 fully saturated rings. The van der Waals surface area contributed by atoms with E-state index in [0.29, 0.717) is 35.8 Å². The molecule has 1 N–H and O–H groups in total. The SMILES string of the molecule is CC(C)C1=C2C(c3nnc(-c4ccco4)o3)(CCC3(C)C2(C)CCC2C4(C)CCC(OC(=O)CC(C)(C)C(=O)O)C(C)(C)C4CCC23C)CC1=O. The van der Waals surface area contributed by atoms with Crippen LogP contribution in [-0.4, -0.2) is 39.1 Å². The average molecular weight is 703 g/mol. The van der Waals surface area contributed by atoms with Crippen LogP contribution in [-0.2, 0) is 24.5 Å². The van der Waals surface area contributed by atoms with Gasteiger partial charge < -0.3 is 18.7 Å². The van der Waals surface area contributed by atoms with E-state index in [1.165, 1.54) is 5.57 Å². The lowest BCUT2D eigenvalue weighted by molar-refractivity contribution is -0.248. The van der Waals surface area contributed by atoms with E-state index in [1.54, 1.807) is 20.1 Å². The lowest BCUT2D eigenvalue weighted by atomic mass is 9.30. The molecule has 8 atom stereocenters. The molecule has 278 valence electrons. The van der Waals surface area contributed by atoms with Crippen LogP contribution in [0.5, 0.6) is 0 Å². The number of nitrogens with zero attached hydrogens (tertiary/aromatic N) is 2. The van der Waals surface area contributed by atoms with Crippen molar-refractivity contribution < 1.29 is 33.1 Å². The number of furan rings is 1. The number of aromatic nitrogens is 2. The number of carbonyl (C=O) groups excluding carboxylic acids is 2. The minimum atomic E-state index is -1.17. The number of allylic oxidation sites excluding steroid dienone is 2. The number of ketones is 1. The van der Waals surface area contributed by atoms with Crippen LogP contribution >= 0.6 is 0 Å². The van der Waals surface area contributed by atoms with Gasteiger partial charge in [0.05, 0.1) is 23.5 Å². The Morgan fingerprint density at radius 1 is 0.980 bits per heavy atom. The minimum Gasteiger partial charge on any atom is -0.481 e. The van der Waals surface area contributed by atoms with Gasteiger partial charge in [-0.05, 0) is 128 Å². The maximum atomic E-state index is 14.2. The highest BCUT2D eigenvalue weighted by Gasteiger charge is 2.74. The molecule has 5 aliphatic carbocycles. The third-order valence-electron chi connectivity index (χ3n) is 16.1. The van der Waals surface area contributed by atoms with Gasteiger partial charge >= 0.3 is 11.9 Å². The molecule has 0 spiro atoms. The number of carboxylic acids is 1. The Kier molecular flexibility index (Phi) is 8.07. The molecular formula is C42H58N2O7. The fourth-order valence-electron chi connectivity index (χ4n) is 13.2. The van der Waals surface area contributed by atoms with Crippen molar-refractivity contribution in [2.75, 3.05) is 0 Å². The summed E-state index contributed by atoms with van der Waals surface area (Å²) >= 11 is 0. The number of carboxylic acid groups (broad SMARTS) is 1. The van der Waals surface area contributed by atoms with Gasteiger partial charge in [-0.3, -0.25) is 14.4 Å². The van der Waals surface area contributed by atoms with Crippen LogP contribution in [0.3, 0.4) is 0 Å². The topological polar surface area (TPSA) is 133 Å². The summed E-state index contributed by atoms with van der Waals surface area (Å²) < 4.78 is 18.2. The van der Waals surface area contributed by atoms with E-state index in [4.69, 9.17) is 13.6 Å². The van der Waals surface area contributed by atoms with Crippen molar-refractivity contribution in [2.24, 2.45) is 50.2 Å². The van der Waals surface area contributed by atoms with Crippen LogP contribution in [0.15, 0.2) is 38.4 Å². The maximum Gasteiger partial charge on any atom is 0.309 e. The molecule has 7 rings (SSSR count). The molecule has 0 saturated heterocycles. The summed E-state index contributed by atoms with van der Waals surface area (Å²) in [6.07, 6.45) is 9.21. The normalized spacial score (nSPS) is 38.9. The Labute approximate surface area is 302 Å². The largest absolute Gasteiger partial charge is 0.481 e. The first kappa shape index (κ1) is 36.1. The first-order chi connectivity index (χ1) is 23.7. The second kappa shape index (κ2) is 11.4. The van der Waals surface area contributed by atoms with E-state index in [2.05, 4.69) is 65.6 Å². The van der Waals surface area contributed by atoms with E-state index in [1.807, 2.05) is 12.1 Å². The minimum absolute atomic E-state index is 0.0113. The second-order valence-corrected chi connectivity index (χ2v) is 19.5. The monoisotopic (exact) mass is 702 g/mol. The molecular weight excluding hydrogens is 644 g/mol. The molecule has 2 aromatic heterocycles. The Hall–Kier alpha value is -3.23. The van der Waals surface area contributed by atoms with Gasteiger partial charge in [0.1, 0.15) is 6.10 Å². The summed E-state index contributed by atoms with van der Waals surface area (Å²) in [5, 5.41) is 18.7. The zero-order chi connectivity index (χ0) is 37.2. The smallest absolute Gasteiger partial charge is 0.309 e. The molecule has 4 saturated carbocycles. The molecule has 9 heteroatoms. The number of hydrogen-bond acceptors (Lipinski definition) is 8. The number of aliphatic carboxylic acids is 1. The molecule has 2 aromatic rings. The third-order valence-corrected chi connectivity index (χ3v) is 16.1. The van der Waals surface area contributed by atoms with Gasteiger partial charge in [-0.2, -0.15) is 0 Å². The molecule has 9 nitrogen and oxygen atoms in total. The lowest BCUT2D eigenvalue weighted by Gasteiger charge is -2.74. The quantitative estimate of drug-likeness (QED) is 0.280.